The van der Waals surface area contributed by atoms with Gasteiger partial charge in [0.05, 0.1) is 16.8 Å². The van der Waals surface area contributed by atoms with Gasteiger partial charge in [0.1, 0.15) is 0 Å². The summed E-state index contributed by atoms with van der Waals surface area (Å²) in [6.07, 6.45) is 4.67. The molecule has 2 heterocycles. The predicted octanol–water partition coefficient (Wildman–Crippen LogP) is 3.82. The van der Waals surface area contributed by atoms with Crippen molar-refractivity contribution in [1.29, 1.82) is 0 Å². The second kappa shape index (κ2) is 9.72. The first-order valence-electron chi connectivity index (χ1n) is 11.6. The van der Waals surface area contributed by atoms with Gasteiger partial charge in [0.25, 0.3) is 0 Å². The van der Waals surface area contributed by atoms with Crippen molar-refractivity contribution in [2.24, 2.45) is 5.92 Å². The highest BCUT2D eigenvalue weighted by Crippen LogP contribution is 2.31. The molecule has 8 heteroatoms. The highest BCUT2D eigenvalue weighted by molar-refractivity contribution is 7.89. The fraction of sp³-hybridized carbons (Fsp3) is 0.385. The lowest BCUT2D eigenvalue weighted by molar-refractivity contribution is -0.126. The minimum atomic E-state index is -3.61. The maximum absolute atomic E-state index is 13.5. The topological polar surface area (TPSA) is 84.3 Å². The van der Waals surface area contributed by atoms with E-state index in [1.54, 1.807) is 10.9 Å². The van der Waals surface area contributed by atoms with Gasteiger partial charge in [0, 0.05) is 37.3 Å². The van der Waals surface area contributed by atoms with E-state index in [-0.39, 0.29) is 11.8 Å². The van der Waals surface area contributed by atoms with Gasteiger partial charge in [0.2, 0.25) is 15.9 Å². The van der Waals surface area contributed by atoms with E-state index in [0.717, 1.165) is 33.5 Å². The summed E-state index contributed by atoms with van der Waals surface area (Å²) in [4.78, 5) is 13.2. The van der Waals surface area contributed by atoms with E-state index in [4.69, 9.17) is 0 Å². The molecule has 180 valence electrons. The van der Waals surface area contributed by atoms with E-state index in [9.17, 15) is 13.2 Å². The molecule has 1 N–H and O–H groups in total. The summed E-state index contributed by atoms with van der Waals surface area (Å²) in [7, 11) is -3.61. The van der Waals surface area contributed by atoms with Gasteiger partial charge in [-0.2, -0.15) is 9.40 Å². The minimum absolute atomic E-state index is 0.0386. The lowest BCUT2D eigenvalue weighted by Crippen LogP contribution is -2.43. The molecular weight excluding hydrogens is 448 g/mol. The van der Waals surface area contributed by atoms with Crippen LogP contribution in [0.5, 0.6) is 0 Å². The lowest BCUT2D eigenvalue weighted by Gasteiger charge is -2.31. The molecule has 34 heavy (non-hydrogen) atoms. The second-order valence-electron chi connectivity index (χ2n) is 9.11. The van der Waals surface area contributed by atoms with Crippen molar-refractivity contribution >= 4 is 15.9 Å². The van der Waals surface area contributed by atoms with Crippen LogP contribution in [0.3, 0.4) is 0 Å². The Labute approximate surface area is 201 Å². The maximum Gasteiger partial charge on any atom is 0.243 e. The number of hydrogen-bond acceptors (Lipinski definition) is 4. The Kier molecular flexibility index (Phi) is 6.91. The fourth-order valence-corrected chi connectivity index (χ4v) is 6.61. The number of benzene rings is 2. The summed E-state index contributed by atoms with van der Waals surface area (Å²) in [6, 6.07) is 11.8. The van der Waals surface area contributed by atoms with Gasteiger partial charge < -0.3 is 5.32 Å². The van der Waals surface area contributed by atoms with Gasteiger partial charge in [-0.3, -0.25) is 4.79 Å². The van der Waals surface area contributed by atoms with Crippen molar-refractivity contribution in [2.45, 2.75) is 52.0 Å². The molecular formula is C26H32N4O3S. The molecule has 2 aromatic carbocycles. The molecule has 1 amide bonds. The molecule has 0 spiro atoms. The van der Waals surface area contributed by atoms with Crippen LogP contribution in [-0.4, -0.2) is 41.5 Å². The largest absolute Gasteiger partial charge is 0.352 e. The zero-order valence-electron chi connectivity index (χ0n) is 20.2. The average Bonchev–Trinajstić information content (AvgIpc) is 3.31. The number of aromatic nitrogens is 2. The van der Waals surface area contributed by atoms with E-state index in [2.05, 4.69) is 10.4 Å². The highest BCUT2D eigenvalue weighted by Gasteiger charge is 2.34. The number of piperidine rings is 1. The summed E-state index contributed by atoms with van der Waals surface area (Å²) in [5.74, 6) is -0.236. The van der Waals surface area contributed by atoms with Gasteiger partial charge in [-0.05, 0) is 74.9 Å². The van der Waals surface area contributed by atoms with E-state index in [1.807, 2.05) is 70.3 Å². The monoisotopic (exact) mass is 480 g/mol. The zero-order valence-corrected chi connectivity index (χ0v) is 21.0. The van der Waals surface area contributed by atoms with Crippen molar-refractivity contribution in [3.63, 3.8) is 0 Å². The van der Waals surface area contributed by atoms with Crippen molar-refractivity contribution in [3.05, 3.63) is 76.6 Å². The first-order chi connectivity index (χ1) is 16.2. The smallest absolute Gasteiger partial charge is 0.243 e. The number of aryl methyl sites for hydroxylation is 2. The van der Waals surface area contributed by atoms with Crippen LogP contribution in [0.15, 0.2) is 53.7 Å². The van der Waals surface area contributed by atoms with Crippen molar-refractivity contribution in [1.82, 2.24) is 19.4 Å². The summed E-state index contributed by atoms with van der Waals surface area (Å²) < 4.78 is 30.2. The third kappa shape index (κ3) is 4.79. The van der Waals surface area contributed by atoms with E-state index >= 15 is 0 Å². The van der Waals surface area contributed by atoms with E-state index in [0.29, 0.717) is 37.4 Å². The van der Waals surface area contributed by atoms with Crippen molar-refractivity contribution < 1.29 is 13.2 Å². The fourth-order valence-electron chi connectivity index (χ4n) is 4.56. The third-order valence-electron chi connectivity index (χ3n) is 6.84. The van der Waals surface area contributed by atoms with Crippen LogP contribution in [0, 0.1) is 33.6 Å². The first-order valence-corrected chi connectivity index (χ1v) is 13.1. The van der Waals surface area contributed by atoms with Crippen molar-refractivity contribution in [3.8, 4) is 5.69 Å². The number of hydrogen-bond donors (Lipinski definition) is 1. The van der Waals surface area contributed by atoms with E-state index < -0.39 is 10.0 Å². The predicted molar refractivity (Wildman–Crippen MR) is 132 cm³/mol. The molecule has 1 aliphatic rings. The summed E-state index contributed by atoms with van der Waals surface area (Å²) >= 11 is 0. The number of nitrogens with zero attached hydrogens (tertiary/aromatic N) is 3. The minimum Gasteiger partial charge on any atom is -0.352 e. The molecule has 1 aliphatic heterocycles. The number of nitrogens with one attached hydrogen (secondary N) is 1. The number of sulfonamides is 1. The highest BCUT2D eigenvalue weighted by atomic mass is 32.2. The number of amides is 1. The van der Waals surface area contributed by atoms with Gasteiger partial charge >= 0.3 is 0 Å². The number of rotatable bonds is 6. The molecule has 1 aromatic heterocycles. The molecule has 1 saturated heterocycles. The number of carbonyl (C=O) groups excluding carboxylic acids is 1. The second-order valence-corrected chi connectivity index (χ2v) is 11.0. The molecule has 0 atom stereocenters. The van der Waals surface area contributed by atoms with Crippen LogP contribution in [0.4, 0.5) is 0 Å². The Hall–Kier alpha value is -2.97. The normalized spacial score (nSPS) is 15.4. The van der Waals surface area contributed by atoms with Gasteiger partial charge in [-0.15, -0.1) is 0 Å². The zero-order chi connectivity index (χ0) is 24.5. The standard InChI is InChI=1S/C26H32N4O3S/c1-18-14-19(2)21(4)25(20(18)3)34(32,33)29-12-10-23(11-13-29)26(31)27-15-22-16-28-30(17-22)24-8-6-5-7-9-24/h5-9,14,16-17,23H,10-13,15H2,1-4H3,(H,27,31). The summed E-state index contributed by atoms with van der Waals surface area (Å²) in [5.41, 5.74) is 5.44. The molecule has 4 rings (SSSR count). The van der Waals surface area contributed by atoms with Crippen LogP contribution in [-0.2, 0) is 21.4 Å². The average molecular weight is 481 g/mol. The molecule has 0 radical (unpaired) electrons. The van der Waals surface area contributed by atoms with Gasteiger partial charge in [-0.25, -0.2) is 13.1 Å². The maximum atomic E-state index is 13.5. The quantitative estimate of drug-likeness (QED) is 0.581. The molecule has 0 bridgehead atoms. The van der Waals surface area contributed by atoms with Crippen LogP contribution in [0.2, 0.25) is 0 Å². The Bertz CT molecular complexity index is 1260. The van der Waals surface area contributed by atoms with Gasteiger partial charge in [0.15, 0.2) is 0 Å². The molecule has 0 saturated carbocycles. The van der Waals surface area contributed by atoms with Crippen LogP contribution in [0.1, 0.15) is 40.7 Å². The molecule has 7 nitrogen and oxygen atoms in total. The first kappa shape index (κ1) is 24.2. The van der Waals surface area contributed by atoms with E-state index in [1.165, 1.54) is 4.31 Å². The molecule has 0 aliphatic carbocycles. The van der Waals surface area contributed by atoms with Gasteiger partial charge in [-0.1, -0.05) is 24.3 Å². The summed E-state index contributed by atoms with van der Waals surface area (Å²) in [6.45, 7) is 8.72. The number of carbonyl (C=O) groups is 1. The van der Waals surface area contributed by atoms with Crippen LogP contribution < -0.4 is 5.32 Å². The molecule has 0 unspecified atom stereocenters. The Morgan fingerprint density at radius 2 is 1.65 bits per heavy atom. The van der Waals surface area contributed by atoms with Crippen molar-refractivity contribution in [2.75, 3.05) is 13.1 Å². The summed E-state index contributed by atoms with van der Waals surface area (Å²) in [5, 5.41) is 7.35. The number of para-hydroxylation sites is 1. The van der Waals surface area contributed by atoms with Crippen LogP contribution >= 0.6 is 0 Å². The lowest BCUT2D eigenvalue weighted by atomic mass is 9.97. The van der Waals surface area contributed by atoms with Crippen LogP contribution in [0.25, 0.3) is 5.69 Å². The third-order valence-corrected chi connectivity index (χ3v) is 9.02. The molecule has 1 fully saturated rings. The Balaban J connectivity index is 1.36. The Morgan fingerprint density at radius 3 is 2.26 bits per heavy atom. The SMILES string of the molecule is Cc1cc(C)c(C)c(S(=O)(=O)N2CCC(C(=O)NCc3cnn(-c4ccccc4)c3)CC2)c1C. The molecule has 3 aromatic rings. The Morgan fingerprint density at radius 1 is 1.03 bits per heavy atom.